The number of benzene rings is 3. The van der Waals surface area contributed by atoms with Crippen LogP contribution in [0.3, 0.4) is 0 Å². The first-order valence-corrected chi connectivity index (χ1v) is 9.56. The van der Waals surface area contributed by atoms with Crippen molar-refractivity contribution in [3.05, 3.63) is 107 Å². The van der Waals surface area contributed by atoms with Gasteiger partial charge in [0, 0.05) is 33.8 Å². The Morgan fingerprint density at radius 1 is 0.767 bits per heavy atom. The molecule has 1 heterocycles. The number of rotatable bonds is 6. The van der Waals surface area contributed by atoms with Crippen LogP contribution in [0.15, 0.2) is 85.1 Å². The van der Waals surface area contributed by atoms with E-state index in [1.54, 1.807) is 48.7 Å². The molecule has 0 aliphatic carbocycles. The molecule has 5 heteroatoms. The lowest BCUT2D eigenvalue weighted by atomic mass is 9.98. The van der Waals surface area contributed by atoms with Crippen LogP contribution in [0.4, 0.5) is 0 Å². The van der Waals surface area contributed by atoms with Gasteiger partial charge in [-0.25, -0.2) is 4.79 Å². The molecule has 1 aromatic heterocycles. The number of hydrogen-bond donors (Lipinski definition) is 1. The number of esters is 1. The Morgan fingerprint density at radius 3 is 2.17 bits per heavy atom. The zero-order valence-electron chi connectivity index (χ0n) is 16.3. The summed E-state index contributed by atoms with van der Waals surface area (Å²) in [4.78, 5) is 41.6. The topological polar surface area (TPSA) is 76.2 Å². The number of fused-ring (bicyclic) bond motifs is 1. The van der Waals surface area contributed by atoms with Crippen LogP contribution in [-0.4, -0.2) is 28.6 Å². The van der Waals surface area contributed by atoms with Gasteiger partial charge in [-0.1, -0.05) is 66.7 Å². The minimum absolute atomic E-state index is 0.130. The summed E-state index contributed by atoms with van der Waals surface area (Å²) in [6, 6.07) is 22.6. The number of hydrogen-bond acceptors (Lipinski definition) is 4. The highest BCUT2D eigenvalue weighted by molar-refractivity contribution is 6.15. The minimum atomic E-state index is -1.00. The molecule has 0 unspecified atom stereocenters. The van der Waals surface area contributed by atoms with Crippen molar-refractivity contribution in [2.24, 2.45) is 0 Å². The van der Waals surface area contributed by atoms with Crippen molar-refractivity contribution in [2.45, 2.75) is 13.0 Å². The lowest BCUT2D eigenvalue weighted by Crippen LogP contribution is -2.25. The normalized spacial score (nSPS) is 11.8. The van der Waals surface area contributed by atoms with E-state index >= 15 is 0 Å². The molecule has 4 rings (SSSR count). The number of aromatic amines is 1. The molecule has 0 bridgehead atoms. The molecule has 4 aromatic rings. The van der Waals surface area contributed by atoms with Crippen LogP contribution in [0.1, 0.15) is 43.6 Å². The molecule has 0 radical (unpaired) electrons. The second-order valence-corrected chi connectivity index (χ2v) is 6.90. The fraction of sp³-hybridized carbons (Fsp3) is 0.0800. The summed E-state index contributed by atoms with van der Waals surface area (Å²) in [5.74, 6) is -1.30. The lowest BCUT2D eigenvalue weighted by molar-refractivity contribution is 0.0318. The average molecular weight is 397 g/mol. The van der Waals surface area contributed by atoms with Crippen molar-refractivity contribution in [1.82, 2.24) is 4.98 Å². The number of H-pyrrole nitrogens is 1. The summed E-state index contributed by atoms with van der Waals surface area (Å²) in [6.07, 6.45) is 0.612. The number of carbonyl (C=O) groups is 3. The third-order valence-electron chi connectivity index (χ3n) is 4.94. The quantitative estimate of drug-likeness (QED) is 0.374. The molecule has 3 aromatic carbocycles. The molecular formula is C25H19NO4. The predicted molar refractivity (Wildman–Crippen MR) is 114 cm³/mol. The molecule has 30 heavy (non-hydrogen) atoms. The summed E-state index contributed by atoms with van der Waals surface area (Å²) in [7, 11) is 0. The van der Waals surface area contributed by atoms with E-state index in [2.05, 4.69) is 4.98 Å². The first-order valence-electron chi connectivity index (χ1n) is 9.56. The molecule has 0 spiro atoms. The molecule has 148 valence electrons. The van der Waals surface area contributed by atoms with Gasteiger partial charge in [-0.15, -0.1) is 0 Å². The van der Waals surface area contributed by atoms with Gasteiger partial charge < -0.3 is 9.72 Å². The van der Waals surface area contributed by atoms with Gasteiger partial charge in [0.05, 0.1) is 5.56 Å². The Hall–Kier alpha value is -3.99. The summed E-state index contributed by atoms with van der Waals surface area (Å²) in [5.41, 5.74) is 2.13. The fourth-order valence-electron chi connectivity index (χ4n) is 3.38. The van der Waals surface area contributed by atoms with E-state index in [1.165, 1.54) is 13.0 Å². The molecule has 1 atom stereocenters. The third kappa shape index (κ3) is 3.65. The molecule has 0 amide bonds. The highest BCUT2D eigenvalue weighted by Crippen LogP contribution is 2.21. The number of Topliss-reactive ketones (excluding diaryl/α,β-unsaturated/α-hetero) is 1. The van der Waals surface area contributed by atoms with Crippen molar-refractivity contribution in [3.8, 4) is 0 Å². The van der Waals surface area contributed by atoms with Gasteiger partial charge in [0.25, 0.3) is 0 Å². The van der Waals surface area contributed by atoms with Gasteiger partial charge in [0.2, 0.25) is 5.78 Å². The van der Waals surface area contributed by atoms with Crippen LogP contribution in [0, 0.1) is 0 Å². The van der Waals surface area contributed by atoms with Crippen molar-refractivity contribution < 1.29 is 19.1 Å². The Bertz CT molecular complexity index is 1240. The molecular weight excluding hydrogens is 378 g/mol. The lowest BCUT2D eigenvalue weighted by Gasteiger charge is -2.14. The Morgan fingerprint density at radius 2 is 1.40 bits per heavy atom. The van der Waals surface area contributed by atoms with E-state index in [9.17, 15) is 14.4 Å². The maximum Gasteiger partial charge on any atom is 0.339 e. The van der Waals surface area contributed by atoms with Crippen LogP contribution in [0.25, 0.3) is 10.9 Å². The number of ether oxygens (including phenoxy) is 1. The minimum Gasteiger partial charge on any atom is -0.451 e. The monoisotopic (exact) mass is 397 g/mol. The molecule has 0 saturated heterocycles. The standard InChI is InChI=1S/C25H19NO4/c1-16(23(27)21-15-26-22-14-8-7-11-18(21)22)30-25(29)20-13-6-5-12-19(20)24(28)17-9-3-2-4-10-17/h2-16,26H,1H3/t16-/m0/s1. The third-order valence-corrected chi connectivity index (χ3v) is 4.94. The molecule has 0 fully saturated rings. The van der Waals surface area contributed by atoms with Crippen molar-refractivity contribution in [3.63, 3.8) is 0 Å². The van der Waals surface area contributed by atoms with E-state index < -0.39 is 12.1 Å². The highest BCUT2D eigenvalue weighted by Gasteiger charge is 2.25. The van der Waals surface area contributed by atoms with Crippen LogP contribution in [0.5, 0.6) is 0 Å². The van der Waals surface area contributed by atoms with Crippen molar-refractivity contribution >= 4 is 28.4 Å². The Balaban J connectivity index is 1.57. The largest absolute Gasteiger partial charge is 0.451 e. The van der Waals surface area contributed by atoms with E-state index in [4.69, 9.17) is 4.74 Å². The van der Waals surface area contributed by atoms with Gasteiger partial charge in [-0.3, -0.25) is 9.59 Å². The summed E-state index contributed by atoms with van der Waals surface area (Å²) < 4.78 is 5.44. The number of para-hydroxylation sites is 1. The average Bonchev–Trinajstić information content (AvgIpc) is 3.22. The first kappa shape index (κ1) is 19.3. The number of carbonyl (C=O) groups excluding carboxylic acids is 3. The Labute approximate surface area is 173 Å². The maximum absolute atomic E-state index is 12.9. The zero-order valence-corrected chi connectivity index (χ0v) is 16.3. The number of nitrogens with one attached hydrogen (secondary N) is 1. The zero-order chi connectivity index (χ0) is 21.1. The second kappa shape index (κ2) is 8.17. The van der Waals surface area contributed by atoms with Gasteiger partial charge in [-0.2, -0.15) is 0 Å². The van der Waals surface area contributed by atoms with Gasteiger partial charge in [0.1, 0.15) is 0 Å². The molecule has 5 nitrogen and oxygen atoms in total. The van der Waals surface area contributed by atoms with Crippen LogP contribution in [0.2, 0.25) is 0 Å². The van der Waals surface area contributed by atoms with Gasteiger partial charge in [-0.05, 0) is 19.1 Å². The first-order chi connectivity index (χ1) is 14.6. The van der Waals surface area contributed by atoms with E-state index in [-0.39, 0.29) is 22.7 Å². The fourth-order valence-corrected chi connectivity index (χ4v) is 3.38. The summed E-state index contributed by atoms with van der Waals surface area (Å²) in [6.45, 7) is 1.53. The molecule has 0 aliphatic heterocycles. The van der Waals surface area contributed by atoms with E-state index in [0.717, 1.165) is 10.9 Å². The van der Waals surface area contributed by atoms with Crippen LogP contribution < -0.4 is 0 Å². The van der Waals surface area contributed by atoms with Crippen molar-refractivity contribution in [2.75, 3.05) is 0 Å². The smallest absolute Gasteiger partial charge is 0.339 e. The molecule has 1 N–H and O–H groups in total. The van der Waals surface area contributed by atoms with Crippen molar-refractivity contribution in [1.29, 1.82) is 0 Å². The van der Waals surface area contributed by atoms with E-state index in [0.29, 0.717) is 11.1 Å². The number of aromatic nitrogens is 1. The van der Waals surface area contributed by atoms with Gasteiger partial charge in [0.15, 0.2) is 11.9 Å². The second-order valence-electron chi connectivity index (χ2n) is 6.90. The Kier molecular flexibility index (Phi) is 5.26. The number of ketones is 2. The van der Waals surface area contributed by atoms with Gasteiger partial charge >= 0.3 is 5.97 Å². The summed E-state index contributed by atoms with van der Waals surface area (Å²) >= 11 is 0. The predicted octanol–water partition coefficient (Wildman–Crippen LogP) is 4.83. The van der Waals surface area contributed by atoms with Crippen LogP contribution in [-0.2, 0) is 4.74 Å². The maximum atomic E-state index is 12.9. The molecule has 0 aliphatic rings. The SMILES string of the molecule is C[C@H](OC(=O)c1ccccc1C(=O)c1ccccc1)C(=O)c1c[nH]c2ccccc12. The van der Waals surface area contributed by atoms with E-state index in [1.807, 2.05) is 30.3 Å². The molecule has 0 saturated carbocycles. The summed E-state index contributed by atoms with van der Waals surface area (Å²) in [5, 5.41) is 0.769. The highest BCUT2D eigenvalue weighted by atomic mass is 16.5. The van der Waals surface area contributed by atoms with Crippen LogP contribution >= 0.6 is 0 Å².